The highest BCUT2D eigenvalue weighted by atomic mass is 79.9. The number of allylic oxidation sites excluding steroid dienone is 2. The van der Waals surface area contributed by atoms with Crippen LogP contribution in [0.25, 0.3) is 0 Å². The van der Waals surface area contributed by atoms with Gasteiger partial charge in [-0.15, -0.1) is 11.3 Å². The van der Waals surface area contributed by atoms with Crippen molar-refractivity contribution in [2.24, 2.45) is 11.8 Å². The third-order valence-electron chi connectivity index (χ3n) is 3.53. The van der Waals surface area contributed by atoms with Gasteiger partial charge in [-0.25, -0.2) is 0 Å². The molecule has 1 aromatic rings. The number of likely N-dealkylation sites (tertiary alicyclic amines) is 1. The highest BCUT2D eigenvalue weighted by Crippen LogP contribution is 2.36. The molecule has 1 fully saturated rings. The molecule has 0 N–H and O–H groups in total. The van der Waals surface area contributed by atoms with Gasteiger partial charge in [-0.05, 0) is 34.8 Å². The predicted octanol–water partition coefficient (Wildman–Crippen LogP) is 2.96. The Morgan fingerprint density at radius 1 is 1.22 bits per heavy atom. The smallest absolute Gasteiger partial charge is 0.233 e. The number of amides is 2. The van der Waals surface area contributed by atoms with Gasteiger partial charge in [-0.3, -0.25) is 14.5 Å². The number of fused-ring (bicyclic) bond motifs is 1. The Bertz CT molecular complexity index is 511. The van der Waals surface area contributed by atoms with Crippen molar-refractivity contribution in [1.82, 2.24) is 4.90 Å². The molecule has 3 nitrogen and oxygen atoms in total. The van der Waals surface area contributed by atoms with Crippen LogP contribution in [-0.2, 0) is 16.1 Å². The van der Waals surface area contributed by atoms with E-state index in [1.54, 1.807) is 11.3 Å². The second-order valence-corrected chi connectivity index (χ2v) is 6.56. The van der Waals surface area contributed by atoms with Crippen molar-refractivity contribution >= 4 is 39.1 Å². The van der Waals surface area contributed by atoms with Gasteiger partial charge in [-0.1, -0.05) is 12.2 Å². The zero-order valence-electron chi connectivity index (χ0n) is 9.64. The first-order valence-corrected chi connectivity index (χ1v) is 7.57. The molecule has 0 spiro atoms. The Labute approximate surface area is 118 Å². The molecule has 0 aromatic carbocycles. The Kier molecular flexibility index (Phi) is 3.11. The van der Waals surface area contributed by atoms with Crippen molar-refractivity contribution in [1.29, 1.82) is 0 Å². The molecule has 2 atom stereocenters. The predicted molar refractivity (Wildman–Crippen MR) is 72.9 cm³/mol. The van der Waals surface area contributed by atoms with Gasteiger partial charge in [0.05, 0.1) is 18.4 Å². The van der Waals surface area contributed by atoms with E-state index in [-0.39, 0.29) is 23.7 Å². The Morgan fingerprint density at radius 2 is 1.83 bits per heavy atom. The largest absolute Gasteiger partial charge is 0.277 e. The maximum atomic E-state index is 12.2. The van der Waals surface area contributed by atoms with Crippen molar-refractivity contribution in [2.45, 2.75) is 19.4 Å². The average Bonchev–Trinajstić information content (AvgIpc) is 2.88. The van der Waals surface area contributed by atoms with Crippen LogP contribution in [0.1, 0.15) is 17.7 Å². The minimum absolute atomic E-state index is 0.00104. The van der Waals surface area contributed by atoms with E-state index in [2.05, 4.69) is 15.9 Å². The molecule has 0 saturated carbocycles. The van der Waals surface area contributed by atoms with Gasteiger partial charge < -0.3 is 0 Å². The monoisotopic (exact) mass is 325 g/mol. The summed E-state index contributed by atoms with van der Waals surface area (Å²) in [6.07, 6.45) is 5.44. The zero-order valence-corrected chi connectivity index (χ0v) is 12.0. The lowest BCUT2D eigenvalue weighted by Crippen LogP contribution is -2.30. The molecule has 1 aromatic heterocycles. The van der Waals surface area contributed by atoms with Gasteiger partial charge in [-0.2, -0.15) is 0 Å². The summed E-state index contributed by atoms with van der Waals surface area (Å²) < 4.78 is 1.00. The van der Waals surface area contributed by atoms with E-state index >= 15 is 0 Å². The van der Waals surface area contributed by atoms with Gasteiger partial charge >= 0.3 is 0 Å². The number of carbonyl (C=O) groups is 2. The van der Waals surface area contributed by atoms with Crippen molar-refractivity contribution in [3.05, 3.63) is 32.9 Å². The van der Waals surface area contributed by atoms with Crippen LogP contribution < -0.4 is 0 Å². The molecule has 1 saturated heterocycles. The highest BCUT2D eigenvalue weighted by Gasteiger charge is 2.47. The Hall–Kier alpha value is -0.940. The minimum atomic E-state index is -0.120. The lowest BCUT2D eigenvalue weighted by atomic mass is 9.85. The number of nitrogens with zero attached hydrogens (tertiary/aromatic N) is 1. The lowest BCUT2D eigenvalue weighted by Gasteiger charge is -2.14. The SMILES string of the molecule is O=C1[C@H]2CC=CC[C@H]2C(=O)N1Cc1cc(Br)cs1. The number of rotatable bonds is 2. The summed E-state index contributed by atoms with van der Waals surface area (Å²) in [5, 5.41) is 1.97. The highest BCUT2D eigenvalue weighted by molar-refractivity contribution is 9.10. The normalized spacial score (nSPS) is 26.8. The number of halogens is 1. The summed E-state index contributed by atoms with van der Waals surface area (Å²) in [5.74, 6) is -0.241. The third-order valence-corrected chi connectivity index (χ3v) is 5.22. The van der Waals surface area contributed by atoms with Crippen LogP contribution in [0.15, 0.2) is 28.1 Å². The summed E-state index contributed by atoms with van der Waals surface area (Å²) >= 11 is 4.95. The van der Waals surface area contributed by atoms with Crippen LogP contribution in [0.4, 0.5) is 0 Å². The molecular weight excluding hydrogens is 314 g/mol. The van der Waals surface area contributed by atoms with Gasteiger partial charge in [0.25, 0.3) is 0 Å². The number of thiophene rings is 1. The van der Waals surface area contributed by atoms with Gasteiger partial charge in [0, 0.05) is 14.7 Å². The van der Waals surface area contributed by atoms with Crippen LogP contribution in [0.5, 0.6) is 0 Å². The molecule has 2 amide bonds. The maximum absolute atomic E-state index is 12.2. The first-order chi connectivity index (χ1) is 8.66. The molecule has 94 valence electrons. The molecule has 5 heteroatoms. The molecule has 3 rings (SSSR count). The molecule has 1 aliphatic heterocycles. The van der Waals surface area contributed by atoms with Gasteiger partial charge in [0.1, 0.15) is 0 Å². The van der Waals surface area contributed by atoms with E-state index in [0.29, 0.717) is 19.4 Å². The van der Waals surface area contributed by atoms with E-state index in [0.717, 1.165) is 9.35 Å². The second-order valence-electron chi connectivity index (χ2n) is 4.65. The van der Waals surface area contributed by atoms with Crippen LogP contribution in [0.3, 0.4) is 0 Å². The molecular formula is C13H12BrNO2S. The van der Waals surface area contributed by atoms with Crippen LogP contribution in [-0.4, -0.2) is 16.7 Å². The fourth-order valence-electron chi connectivity index (χ4n) is 2.62. The summed E-state index contributed by atoms with van der Waals surface area (Å²) in [5.41, 5.74) is 0. The lowest BCUT2D eigenvalue weighted by molar-refractivity contribution is -0.140. The summed E-state index contributed by atoms with van der Waals surface area (Å²) in [6.45, 7) is 0.418. The number of carbonyl (C=O) groups excluding carboxylic acids is 2. The Morgan fingerprint density at radius 3 is 2.33 bits per heavy atom. The number of hydrogen-bond donors (Lipinski definition) is 0. The maximum Gasteiger partial charge on any atom is 0.233 e. The first kappa shape index (κ1) is 12.1. The van der Waals surface area contributed by atoms with E-state index in [1.165, 1.54) is 4.90 Å². The van der Waals surface area contributed by atoms with Crippen LogP contribution >= 0.6 is 27.3 Å². The van der Waals surface area contributed by atoms with Crippen molar-refractivity contribution in [3.63, 3.8) is 0 Å². The molecule has 18 heavy (non-hydrogen) atoms. The van der Waals surface area contributed by atoms with Crippen molar-refractivity contribution in [2.75, 3.05) is 0 Å². The second kappa shape index (κ2) is 4.63. The fraction of sp³-hybridized carbons (Fsp3) is 0.385. The molecule has 2 aliphatic rings. The minimum Gasteiger partial charge on any atom is -0.277 e. The standard InChI is InChI=1S/C13H12BrNO2S/c14-8-5-9(18-7-8)6-15-12(16)10-3-1-2-4-11(10)13(15)17/h1-2,5,7,10-11H,3-4,6H2/t10-,11+. The fourth-order valence-corrected chi connectivity index (χ4v) is 4.06. The topological polar surface area (TPSA) is 37.4 Å². The third kappa shape index (κ3) is 1.95. The van der Waals surface area contributed by atoms with Crippen molar-refractivity contribution in [3.8, 4) is 0 Å². The van der Waals surface area contributed by atoms with E-state index in [1.807, 2.05) is 23.6 Å². The summed E-state index contributed by atoms with van der Waals surface area (Å²) in [7, 11) is 0. The summed E-state index contributed by atoms with van der Waals surface area (Å²) in [6, 6.07) is 1.96. The van der Waals surface area contributed by atoms with E-state index < -0.39 is 0 Å². The molecule has 0 unspecified atom stereocenters. The number of hydrogen-bond acceptors (Lipinski definition) is 3. The zero-order chi connectivity index (χ0) is 12.7. The molecule has 1 aliphatic carbocycles. The first-order valence-electron chi connectivity index (χ1n) is 5.90. The number of imide groups is 1. The van der Waals surface area contributed by atoms with Gasteiger partial charge in [0.2, 0.25) is 11.8 Å². The van der Waals surface area contributed by atoms with Crippen molar-refractivity contribution < 1.29 is 9.59 Å². The molecule has 0 radical (unpaired) electrons. The molecule has 0 bridgehead atoms. The Balaban J connectivity index is 1.81. The van der Waals surface area contributed by atoms with Crippen LogP contribution in [0.2, 0.25) is 0 Å². The van der Waals surface area contributed by atoms with Crippen LogP contribution in [0, 0.1) is 11.8 Å². The quantitative estimate of drug-likeness (QED) is 0.619. The van der Waals surface area contributed by atoms with E-state index in [4.69, 9.17) is 0 Å². The van der Waals surface area contributed by atoms with E-state index in [9.17, 15) is 9.59 Å². The average molecular weight is 326 g/mol. The molecule has 2 heterocycles. The summed E-state index contributed by atoms with van der Waals surface area (Å²) in [4.78, 5) is 26.9. The van der Waals surface area contributed by atoms with Gasteiger partial charge in [0.15, 0.2) is 0 Å².